The number of rotatable bonds is 9. The number of Topliss-reactive ketones (excluding diaryl/α,β-unsaturated/α-hetero) is 1. The lowest BCUT2D eigenvalue weighted by atomic mass is 10.1. The van der Waals surface area contributed by atoms with Gasteiger partial charge in [-0.2, -0.15) is 0 Å². The fourth-order valence-corrected chi connectivity index (χ4v) is 4.51. The molecule has 0 aliphatic carbocycles. The van der Waals surface area contributed by atoms with E-state index in [2.05, 4.69) is 15.2 Å². The molecule has 0 radical (unpaired) electrons. The molecule has 3 aromatic carbocycles. The van der Waals surface area contributed by atoms with Crippen molar-refractivity contribution in [1.82, 2.24) is 19.7 Å². The highest BCUT2D eigenvalue weighted by molar-refractivity contribution is 7.99. The molecular formula is C26H19N5O4S. The van der Waals surface area contributed by atoms with E-state index in [-0.39, 0.29) is 23.8 Å². The maximum Gasteiger partial charge on any atom is 0.269 e. The van der Waals surface area contributed by atoms with E-state index in [0.29, 0.717) is 22.3 Å². The molecule has 0 amide bonds. The van der Waals surface area contributed by atoms with Crippen LogP contribution >= 0.6 is 11.8 Å². The first-order valence-electron chi connectivity index (χ1n) is 11.0. The predicted molar refractivity (Wildman–Crippen MR) is 136 cm³/mol. The van der Waals surface area contributed by atoms with Gasteiger partial charge in [-0.3, -0.25) is 24.5 Å². The number of pyridine rings is 1. The Bertz CT molecular complexity index is 1530. The smallest absolute Gasteiger partial charge is 0.269 e. The summed E-state index contributed by atoms with van der Waals surface area (Å²) in [5.41, 5.74) is 1.93. The van der Waals surface area contributed by atoms with Gasteiger partial charge in [-0.05, 0) is 36.4 Å². The summed E-state index contributed by atoms with van der Waals surface area (Å²) in [6.07, 6.45) is 1.72. The van der Waals surface area contributed by atoms with E-state index in [1.54, 1.807) is 6.20 Å². The van der Waals surface area contributed by atoms with E-state index in [1.165, 1.54) is 36.0 Å². The molecule has 0 aliphatic rings. The maximum atomic E-state index is 12.7. The quantitative estimate of drug-likeness (QED) is 0.117. The summed E-state index contributed by atoms with van der Waals surface area (Å²) in [7, 11) is 0. The van der Waals surface area contributed by atoms with Crippen LogP contribution in [0.1, 0.15) is 16.2 Å². The SMILES string of the molecule is O=C(CSc1nnc(COc2cccc3cccnc23)n1-c1ccccc1)c1ccc([N+](=O)[O-])cc1. The third kappa shape index (κ3) is 4.93. The second kappa shape index (κ2) is 10.4. The molecule has 0 atom stereocenters. The number of carbonyl (C=O) groups is 1. The summed E-state index contributed by atoms with van der Waals surface area (Å²) in [6.45, 7) is 0.147. The summed E-state index contributed by atoms with van der Waals surface area (Å²) in [4.78, 5) is 27.5. The predicted octanol–water partition coefficient (Wildman–Crippen LogP) is 5.28. The highest BCUT2D eigenvalue weighted by Crippen LogP contribution is 2.27. The zero-order valence-corrected chi connectivity index (χ0v) is 19.7. The lowest BCUT2D eigenvalue weighted by Gasteiger charge is -2.12. The molecule has 5 rings (SSSR count). The molecule has 0 unspecified atom stereocenters. The van der Waals surface area contributed by atoms with Gasteiger partial charge in [0.1, 0.15) is 17.9 Å². The van der Waals surface area contributed by atoms with Crippen molar-refractivity contribution in [2.45, 2.75) is 11.8 Å². The molecule has 0 fully saturated rings. The summed E-state index contributed by atoms with van der Waals surface area (Å²) in [5, 5.41) is 21.0. The fourth-order valence-electron chi connectivity index (χ4n) is 3.64. The number of nitro benzene ring substituents is 1. The van der Waals surface area contributed by atoms with Crippen LogP contribution in [-0.2, 0) is 6.61 Å². The normalized spacial score (nSPS) is 10.9. The highest BCUT2D eigenvalue weighted by Gasteiger charge is 2.18. The molecule has 5 aromatic rings. The van der Waals surface area contributed by atoms with Gasteiger partial charge in [0.25, 0.3) is 5.69 Å². The number of aromatic nitrogens is 4. The Labute approximate surface area is 209 Å². The van der Waals surface area contributed by atoms with E-state index in [9.17, 15) is 14.9 Å². The van der Waals surface area contributed by atoms with E-state index < -0.39 is 4.92 Å². The van der Waals surface area contributed by atoms with Crippen molar-refractivity contribution in [2.24, 2.45) is 0 Å². The molecule has 0 saturated carbocycles. The van der Waals surface area contributed by atoms with Gasteiger partial charge in [0.15, 0.2) is 16.8 Å². The molecule has 36 heavy (non-hydrogen) atoms. The number of benzene rings is 3. The largest absolute Gasteiger partial charge is 0.483 e. The second-order valence-corrected chi connectivity index (χ2v) is 8.65. The first-order valence-corrected chi connectivity index (χ1v) is 12.0. The van der Waals surface area contributed by atoms with Gasteiger partial charge in [0, 0.05) is 35.0 Å². The average Bonchev–Trinajstić information content (AvgIpc) is 3.33. The first kappa shape index (κ1) is 23.2. The molecule has 0 spiro atoms. The number of para-hydroxylation sites is 2. The number of nitrogens with zero attached hydrogens (tertiary/aromatic N) is 5. The minimum atomic E-state index is -0.497. The van der Waals surface area contributed by atoms with Gasteiger partial charge < -0.3 is 4.74 Å². The highest BCUT2D eigenvalue weighted by atomic mass is 32.2. The van der Waals surface area contributed by atoms with Gasteiger partial charge in [0.05, 0.1) is 10.7 Å². The zero-order chi connectivity index (χ0) is 24.9. The van der Waals surface area contributed by atoms with Crippen LogP contribution < -0.4 is 4.74 Å². The standard InChI is InChI=1S/C26H19N5O4S/c32-22(18-11-13-21(14-12-18)31(33)34)17-36-26-29-28-24(30(26)20-8-2-1-3-9-20)16-35-23-10-4-6-19-7-5-15-27-25(19)23/h1-15H,16-17H2. The number of carbonyl (C=O) groups excluding carboxylic acids is 1. The number of fused-ring (bicyclic) bond motifs is 1. The molecule has 0 saturated heterocycles. The van der Waals surface area contributed by atoms with Crippen molar-refractivity contribution in [3.8, 4) is 11.4 Å². The Morgan fingerprint density at radius 1 is 0.944 bits per heavy atom. The van der Waals surface area contributed by atoms with Crippen LogP contribution in [-0.4, -0.2) is 36.2 Å². The Kier molecular flexibility index (Phi) is 6.67. The third-order valence-electron chi connectivity index (χ3n) is 5.40. The monoisotopic (exact) mass is 497 g/mol. The summed E-state index contributed by atoms with van der Waals surface area (Å²) in [5.74, 6) is 1.13. The number of hydrogen-bond acceptors (Lipinski definition) is 8. The number of non-ortho nitro benzene ring substituents is 1. The molecule has 2 aromatic heterocycles. The van der Waals surface area contributed by atoms with Gasteiger partial charge in [-0.25, -0.2) is 0 Å². The second-order valence-electron chi connectivity index (χ2n) is 7.71. The summed E-state index contributed by atoms with van der Waals surface area (Å²) >= 11 is 1.24. The van der Waals surface area contributed by atoms with Gasteiger partial charge in [-0.15, -0.1) is 10.2 Å². The molecule has 0 N–H and O–H groups in total. The lowest BCUT2D eigenvalue weighted by molar-refractivity contribution is -0.384. The Hall–Kier alpha value is -4.57. The molecule has 10 heteroatoms. The van der Waals surface area contributed by atoms with Crippen molar-refractivity contribution in [2.75, 3.05) is 5.75 Å². The van der Waals surface area contributed by atoms with E-state index in [4.69, 9.17) is 4.74 Å². The minimum absolute atomic E-state index is 0.0611. The molecule has 2 heterocycles. The van der Waals surface area contributed by atoms with Crippen LogP contribution in [0.3, 0.4) is 0 Å². The van der Waals surface area contributed by atoms with Gasteiger partial charge in [-0.1, -0.05) is 48.2 Å². The average molecular weight is 498 g/mol. The van der Waals surface area contributed by atoms with Crippen LogP contribution in [0.15, 0.2) is 96.3 Å². The molecule has 0 bridgehead atoms. The summed E-state index contributed by atoms with van der Waals surface area (Å²) in [6, 6.07) is 24.7. The summed E-state index contributed by atoms with van der Waals surface area (Å²) < 4.78 is 7.94. The van der Waals surface area contributed by atoms with Crippen molar-refractivity contribution in [1.29, 1.82) is 0 Å². The topological polar surface area (TPSA) is 113 Å². The Morgan fingerprint density at radius 3 is 2.50 bits per heavy atom. The zero-order valence-electron chi connectivity index (χ0n) is 18.9. The van der Waals surface area contributed by atoms with Gasteiger partial charge in [0.2, 0.25) is 0 Å². The van der Waals surface area contributed by atoms with Crippen molar-refractivity contribution in [3.63, 3.8) is 0 Å². The lowest BCUT2D eigenvalue weighted by Crippen LogP contribution is -2.08. The molecular weight excluding hydrogens is 478 g/mol. The van der Waals surface area contributed by atoms with E-state index >= 15 is 0 Å². The van der Waals surface area contributed by atoms with Crippen LogP contribution in [0.25, 0.3) is 16.6 Å². The number of thioether (sulfide) groups is 1. The van der Waals surface area contributed by atoms with E-state index in [1.807, 2.05) is 65.2 Å². The Balaban J connectivity index is 1.37. The van der Waals surface area contributed by atoms with E-state index in [0.717, 1.165) is 16.6 Å². The number of hydrogen-bond donors (Lipinski definition) is 0. The Morgan fingerprint density at radius 2 is 1.72 bits per heavy atom. The third-order valence-corrected chi connectivity index (χ3v) is 6.33. The van der Waals surface area contributed by atoms with Gasteiger partial charge >= 0.3 is 0 Å². The number of nitro groups is 1. The fraction of sp³-hybridized carbons (Fsp3) is 0.0769. The molecule has 178 valence electrons. The van der Waals surface area contributed by atoms with Crippen LogP contribution in [0.2, 0.25) is 0 Å². The van der Waals surface area contributed by atoms with Crippen LogP contribution in [0, 0.1) is 10.1 Å². The van der Waals surface area contributed by atoms with Crippen LogP contribution in [0.5, 0.6) is 5.75 Å². The van der Waals surface area contributed by atoms with Crippen molar-refractivity contribution < 1.29 is 14.5 Å². The first-order chi connectivity index (χ1) is 17.6. The maximum absolute atomic E-state index is 12.7. The molecule has 0 aliphatic heterocycles. The van der Waals surface area contributed by atoms with Crippen molar-refractivity contribution >= 4 is 34.1 Å². The van der Waals surface area contributed by atoms with Crippen molar-refractivity contribution in [3.05, 3.63) is 113 Å². The molecule has 9 nitrogen and oxygen atoms in total. The minimum Gasteiger partial charge on any atom is -0.483 e. The number of ketones is 1. The number of ether oxygens (including phenoxy) is 1. The van der Waals surface area contributed by atoms with Crippen LogP contribution in [0.4, 0.5) is 5.69 Å².